The van der Waals surface area contributed by atoms with Crippen LogP contribution in [0.1, 0.15) is 50.2 Å². The van der Waals surface area contributed by atoms with Crippen molar-refractivity contribution in [3.8, 4) is 6.07 Å². The summed E-state index contributed by atoms with van der Waals surface area (Å²) in [7, 11) is 0. The monoisotopic (exact) mass is 368 g/mol. The van der Waals surface area contributed by atoms with Gasteiger partial charge in [-0.25, -0.2) is 0 Å². The lowest BCUT2D eigenvalue weighted by Gasteiger charge is -2.31. The van der Waals surface area contributed by atoms with Crippen LogP contribution in [-0.4, -0.2) is 65.9 Å². The third-order valence-corrected chi connectivity index (χ3v) is 5.94. The van der Waals surface area contributed by atoms with Crippen molar-refractivity contribution in [2.45, 2.75) is 51.6 Å². The van der Waals surface area contributed by atoms with Gasteiger partial charge in [0, 0.05) is 39.3 Å². The first-order valence-corrected chi connectivity index (χ1v) is 10.4. The van der Waals surface area contributed by atoms with E-state index in [0.29, 0.717) is 11.5 Å². The van der Waals surface area contributed by atoms with Crippen LogP contribution in [0.3, 0.4) is 0 Å². The molecule has 0 N–H and O–H groups in total. The van der Waals surface area contributed by atoms with Gasteiger partial charge in [0.1, 0.15) is 0 Å². The number of hydrogen-bond acceptors (Lipinski definition) is 4. The van der Waals surface area contributed by atoms with Crippen LogP contribution in [0.15, 0.2) is 24.3 Å². The number of rotatable bonds is 4. The van der Waals surface area contributed by atoms with Gasteiger partial charge in [-0.05, 0) is 50.4 Å². The second kappa shape index (κ2) is 9.87. The van der Waals surface area contributed by atoms with E-state index in [1.54, 1.807) is 0 Å². The van der Waals surface area contributed by atoms with E-state index in [4.69, 9.17) is 5.26 Å². The maximum Gasteiger partial charge on any atom is 0.239 e. The zero-order chi connectivity index (χ0) is 19.1. The summed E-state index contributed by atoms with van der Waals surface area (Å²) in [5.41, 5.74) is 1.96. The molecule has 0 bridgehead atoms. The minimum atomic E-state index is -0.0158. The molecular weight excluding hydrogens is 336 g/mol. The summed E-state index contributed by atoms with van der Waals surface area (Å²) in [5.74, 6) is 0.317. The summed E-state index contributed by atoms with van der Waals surface area (Å²) in [6.45, 7) is 8.83. The van der Waals surface area contributed by atoms with Crippen LogP contribution in [-0.2, 0) is 11.3 Å². The molecule has 0 unspecified atom stereocenters. The summed E-state index contributed by atoms with van der Waals surface area (Å²) in [6, 6.07) is 10.0. The molecule has 2 aliphatic heterocycles. The normalized spacial score (nSPS) is 21.1. The summed E-state index contributed by atoms with van der Waals surface area (Å²) >= 11 is 0. The van der Waals surface area contributed by atoms with E-state index in [1.807, 2.05) is 24.3 Å². The van der Waals surface area contributed by atoms with Crippen LogP contribution in [0.25, 0.3) is 0 Å². The number of nitrogens with zero attached hydrogens (tertiary/aromatic N) is 4. The molecule has 5 nitrogen and oxygen atoms in total. The van der Waals surface area contributed by atoms with Crippen LogP contribution >= 0.6 is 0 Å². The van der Waals surface area contributed by atoms with Gasteiger partial charge in [0.2, 0.25) is 5.91 Å². The largest absolute Gasteiger partial charge is 0.341 e. The Kier molecular flexibility index (Phi) is 7.25. The summed E-state index contributed by atoms with van der Waals surface area (Å²) in [5, 5.41) is 8.93. The third kappa shape index (κ3) is 5.54. The van der Waals surface area contributed by atoms with Gasteiger partial charge in [-0.2, -0.15) is 5.26 Å². The predicted octanol–water partition coefficient (Wildman–Crippen LogP) is 2.86. The van der Waals surface area contributed by atoms with Gasteiger partial charge < -0.3 is 4.90 Å². The second-order valence-corrected chi connectivity index (χ2v) is 7.89. The molecule has 2 heterocycles. The van der Waals surface area contributed by atoms with Crippen molar-refractivity contribution < 1.29 is 4.79 Å². The van der Waals surface area contributed by atoms with Gasteiger partial charge in [-0.1, -0.05) is 25.0 Å². The van der Waals surface area contributed by atoms with Crippen molar-refractivity contribution in [2.24, 2.45) is 0 Å². The SMILES string of the molecule is C[C@H](C(=O)N1CCCCCC1)N1CCCN(Cc2ccc(C#N)cc2)CC1. The van der Waals surface area contributed by atoms with Gasteiger partial charge in [-0.3, -0.25) is 14.6 Å². The first kappa shape index (κ1) is 19.9. The standard InChI is InChI=1S/C22H32N4O/c1-19(22(27)26-12-4-2-3-5-13-26)25-14-6-11-24(15-16-25)18-21-9-7-20(17-23)8-10-21/h7-10,19H,2-6,11-16,18H2,1H3/t19-/m1/s1. The molecule has 146 valence electrons. The summed E-state index contributed by atoms with van der Waals surface area (Å²) in [6.07, 6.45) is 5.90. The molecule has 1 amide bonds. The molecule has 2 fully saturated rings. The van der Waals surface area contributed by atoms with Crippen LogP contribution < -0.4 is 0 Å². The maximum absolute atomic E-state index is 12.9. The lowest BCUT2D eigenvalue weighted by Crippen LogP contribution is -2.48. The van der Waals surface area contributed by atoms with Crippen LogP contribution in [0.2, 0.25) is 0 Å². The van der Waals surface area contributed by atoms with Crippen molar-refractivity contribution >= 4 is 5.91 Å². The number of benzene rings is 1. The molecule has 0 aliphatic carbocycles. The Morgan fingerprint density at radius 3 is 2.33 bits per heavy atom. The molecule has 2 aliphatic rings. The Morgan fingerprint density at radius 2 is 1.67 bits per heavy atom. The molecule has 2 saturated heterocycles. The summed E-state index contributed by atoms with van der Waals surface area (Å²) in [4.78, 5) is 19.9. The topological polar surface area (TPSA) is 50.6 Å². The second-order valence-electron chi connectivity index (χ2n) is 7.89. The highest BCUT2D eigenvalue weighted by molar-refractivity contribution is 5.81. The number of amides is 1. The van der Waals surface area contributed by atoms with Gasteiger partial charge in [0.15, 0.2) is 0 Å². The highest BCUT2D eigenvalue weighted by atomic mass is 16.2. The van der Waals surface area contributed by atoms with Gasteiger partial charge in [-0.15, -0.1) is 0 Å². The van der Waals surface area contributed by atoms with Crippen molar-refractivity contribution in [3.05, 3.63) is 35.4 Å². The molecule has 1 aromatic rings. The van der Waals surface area contributed by atoms with Crippen LogP contribution in [0, 0.1) is 11.3 Å². The molecule has 0 saturated carbocycles. The van der Waals surface area contributed by atoms with E-state index in [9.17, 15) is 4.79 Å². The van der Waals surface area contributed by atoms with Crippen molar-refractivity contribution in [1.29, 1.82) is 5.26 Å². The minimum absolute atomic E-state index is 0.0158. The number of carbonyl (C=O) groups is 1. The predicted molar refractivity (Wildman–Crippen MR) is 107 cm³/mol. The molecule has 1 atom stereocenters. The fourth-order valence-electron chi connectivity index (χ4n) is 4.19. The van der Waals surface area contributed by atoms with E-state index in [0.717, 1.165) is 65.1 Å². The molecule has 3 rings (SSSR count). The molecule has 27 heavy (non-hydrogen) atoms. The maximum atomic E-state index is 12.9. The summed E-state index contributed by atoms with van der Waals surface area (Å²) < 4.78 is 0. The molecule has 5 heteroatoms. The number of carbonyl (C=O) groups excluding carboxylic acids is 1. The van der Waals surface area contributed by atoms with Crippen molar-refractivity contribution in [3.63, 3.8) is 0 Å². The molecule has 1 aromatic carbocycles. The zero-order valence-corrected chi connectivity index (χ0v) is 16.6. The molecule has 0 spiro atoms. The lowest BCUT2D eigenvalue weighted by molar-refractivity contribution is -0.136. The van der Waals surface area contributed by atoms with E-state index >= 15 is 0 Å². The Labute approximate surface area is 163 Å². The average molecular weight is 369 g/mol. The molecule has 0 aromatic heterocycles. The van der Waals surface area contributed by atoms with E-state index < -0.39 is 0 Å². The molecular formula is C22H32N4O. The van der Waals surface area contributed by atoms with Gasteiger partial charge in [0.05, 0.1) is 17.7 Å². The Hall–Kier alpha value is -1.90. The fraction of sp³-hybridized carbons (Fsp3) is 0.636. The smallest absolute Gasteiger partial charge is 0.239 e. The number of hydrogen-bond donors (Lipinski definition) is 0. The van der Waals surface area contributed by atoms with Crippen LogP contribution in [0.4, 0.5) is 0 Å². The van der Waals surface area contributed by atoms with Gasteiger partial charge >= 0.3 is 0 Å². The highest BCUT2D eigenvalue weighted by Gasteiger charge is 2.27. The highest BCUT2D eigenvalue weighted by Crippen LogP contribution is 2.15. The van der Waals surface area contributed by atoms with Crippen molar-refractivity contribution in [1.82, 2.24) is 14.7 Å². The lowest BCUT2D eigenvalue weighted by atomic mass is 10.1. The number of nitriles is 1. The van der Waals surface area contributed by atoms with Crippen LogP contribution in [0.5, 0.6) is 0 Å². The fourth-order valence-corrected chi connectivity index (χ4v) is 4.19. The minimum Gasteiger partial charge on any atom is -0.341 e. The average Bonchev–Trinajstić information content (AvgIpc) is 3.11. The van der Waals surface area contributed by atoms with Gasteiger partial charge in [0.25, 0.3) is 0 Å². The van der Waals surface area contributed by atoms with E-state index in [2.05, 4.69) is 27.7 Å². The van der Waals surface area contributed by atoms with E-state index in [-0.39, 0.29) is 6.04 Å². The Balaban J connectivity index is 1.52. The number of likely N-dealkylation sites (tertiary alicyclic amines) is 1. The quantitative estimate of drug-likeness (QED) is 0.820. The Bertz CT molecular complexity index is 643. The third-order valence-electron chi connectivity index (χ3n) is 5.94. The first-order valence-electron chi connectivity index (χ1n) is 10.4. The Morgan fingerprint density at radius 1 is 0.963 bits per heavy atom. The van der Waals surface area contributed by atoms with Crippen molar-refractivity contribution in [2.75, 3.05) is 39.3 Å². The zero-order valence-electron chi connectivity index (χ0n) is 16.6. The van der Waals surface area contributed by atoms with E-state index in [1.165, 1.54) is 18.4 Å². The first-order chi connectivity index (χ1) is 13.2. The molecule has 0 radical (unpaired) electrons.